The number of methoxy groups -OCH3 is 1. The van der Waals surface area contributed by atoms with Crippen LogP contribution in [0.1, 0.15) is 30.0 Å². The van der Waals surface area contributed by atoms with E-state index in [0.29, 0.717) is 10.6 Å². The van der Waals surface area contributed by atoms with E-state index < -0.39 is 0 Å². The maximum absolute atomic E-state index is 12.6. The predicted octanol–water partition coefficient (Wildman–Crippen LogP) is 3.04. The zero-order valence-corrected chi connectivity index (χ0v) is 16.1. The second kappa shape index (κ2) is 7.15. The molecule has 0 unspecified atom stereocenters. The van der Waals surface area contributed by atoms with Gasteiger partial charge in [-0.2, -0.15) is 0 Å². The van der Waals surface area contributed by atoms with E-state index >= 15 is 0 Å². The summed E-state index contributed by atoms with van der Waals surface area (Å²) in [5.41, 5.74) is 2.59. The van der Waals surface area contributed by atoms with E-state index in [9.17, 15) is 9.59 Å². The van der Waals surface area contributed by atoms with Gasteiger partial charge in [0.05, 0.1) is 25.0 Å². The molecule has 27 heavy (non-hydrogen) atoms. The summed E-state index contributed by atoms with van der Waals surface area (Å²) >= 11 is 1.37. The first-order valence-corrected chi connectivity index (χ1v) is 9.81. The first kappa shape index (κ1) is 17.7. The Bertz CT molecular complexity index is 1030. The van der Waals surface area contributed by atoms with Crippen molar-refractivity contribution in [1.82, 2.24) is 14.9 Å². The number of fused-ring (bicyclic) bond motifs is 1. The highest BCUT2D eigenvalue weighted by Gasteiger charge is 2.33. The lowest BCUT2D eigenvalue weighted by Crippen LogP contribution is -2.35. The van der Waals surface area contributed by atoms with Crippen molar-refractivity contribution in [3.05, 3.63) is 57.5 Å². The third kappa shape index (κ3) is 3.60. The highest BCUT2D eigenvalue weighted by molar-refractivity contribution is 7.17. The van der Waals surface area contributed by atoms with Crippen molar-refractivity contribution >= 4 is 27.5 Å². The molecule has 3 aromatic rings. The smallest absolute Gasteiger partial charge is 0.271 e. The van der Waals surface area contributed by atoms with Gasteiger partial charge in [0.2, 0.25) is 5.91 Å². The van der Waals surface area contributed by atoms with Crippen LogP contribution in [0.4, 0.5) is 0 Å². The molecule has 0 spiro atoms. The van der Waals surface area contributed by atoms with Crippen LogP contribution >= 0.6 is 11.3 Å². The van der Waals surface area contributed by atoms with Gasteiger partial charge in [-0.1, -0.05) is 12.1 Å². The molecule has 7 heteroatoms. The fourth-order valence-corrected chi connectivity index (χ4v) is 4.21. The van der Waals surface area contributed by atoms with E-state index in [1.54, 1.807) is 7.11 Å². The lowest BCUT2D eigenvalue weighted by molar-refractivity contribution is -0.122. The minimum atomic E-state index is -0.181. The molecule has 140 valence electrons. The molecule has 1 aliphatic rings. The Kier molecular flexibility index (Phi) is 4.70. The number of benzene rings is 1. The van der Waals surface area contributed by atoms with Crippen LogP contribution in [0.15, 0.2) is 40.8 Å². The van der Waals surface area contributed by atoms with Crippen LogP contribution in [-0.2, 0) is 11.3 Å². The van der Waals surface area contributed by atoms with Gasteiger partial charge in [0, 0.05) is 0 Å². The van der Waals surface area contributed by atoms with Crippen molar-refractivity contribution in [2.24, 2.45) is 5.92 Å². The average molecular weight is 383 g/mol. The van der Waals surface area contributed by atoms with Crippen LogP contribution in [0.2, 0.25) is 0 Å². The summed E-state index contributed by atoms with van der Waals surface area (Å²) in [5.74, 6) is 1.05. The SMILES string of the molecule is COc1ccc([C@H](NC(=O)Cn2cnc3c(C)csc3c2=O)C2CC2)cc1. The molecule has 1 saturated carbocycles. The van der Waals surface area contributed by atoms with Crippen molar-refractivity contribution in [3.63, 3.8) is 0 Å². The highest BCUT2D eigenvalue weighted by atomic mass is 32.1. The Labute approximate surface area is 160 Å². The first-order chi connectivity index (χ1) is 13.1. The van der Waals surface area contributed by atoms with Crippen LogP contribution in [-0.4, -0.2) is 22.6 Å². The van der Waals surface area contributed by atoms with Crippen LogP contribution in [0.25, 0.3) is 10.2 Å². The molecule has 0 saturated heterocycles. The molecule has 1 atom stereocenters. The number of ether oxygens (including phenoxy) is 1. The molecule has 4 rings (SSSR count). The number of nitrogens with zero attached hydrogens (tertiary/aromatic N) is 2. The number of aromatic nitrogens is 2. The molecule has 1 amide bonds. The molecule has 2 aromatic heterocycles. The molecule has 1 aromatic carbocycles. The Balaban J connectivity index is 1.52. The lowest BCUT2D eigenvalue weighted by atomic mass is 10.0. The average Bonchev–Trinajstić information content (AvgIpc) is 3.45. The van der Waals surface area contributed by atoms with Crippen molar-refractivity contribution in [3.8, 4) is 5.75 Å². The van der Waals surface area contributed by atoms with E-state index in [1.807, 2.05) is 36.6 Å². The van der Waals surface area contributed by atoms with Crippen molar-refractivity contribution < 1.29 is 9.53 Å². The Hall–Kier alpha value is -2.67. The van der Waals surface area contributed by atoms with Crippen LogP contribution in [0.5, 0.6) is 5.75 Å². The lowest BCUT2D eigenvalue weighted by Gasteiger charge is -2.19. The number of hydrogen-bond acceptors (Lipinski definition) is 5. The normalized spacial score (nSPS) is 14.9. The zero-order valence-electron chi connectivity index (χ0n) is 15.3. The Morgan fingerprint density at radius 2 is 2.11 bits per heavy atom. The summed E-state index contributed by atoms with van der Waals surface area (Å²) in [7, 11) is 1.63. The minimum absolute atomic E-state index is 0.0297. The molecule has 2 heterocycles. The highest BCUT2D eigenvalue weighted by Crippen LogP contribution is 2.41. The third-order valence-corrected chi connectivity index (χ3v) is 6.00. The quantitative estimate of drug-likeness (QED) is 0.710. The number of carbonyl (C=O) groups is 1. The molecule has 0 radical (unpaired) electrons. The second-order valence-electron chi connectivity index (χ2n) is 6.93. The van der Waals surface area contributed by atoms with Gasteiger partial charge in [0.15, 0.2) is 0 Å². The van der Waals surface area contributed by atoms with E-state index in [0.717, 1.165) is 35.2 Å². The first-order valence-electron chi connectivity index (χ1n) is 8.93. The number of hydrogen-bond donors (Lipinski definition) is 1. The summed E-state index contributed by atoms with van der Waals surface area (Å²) in [5, 5.41) is 5.01. The number of amides is 1. The maximum Gasteiger partial charge on any atom is 0.271 e. The fourth-order valence-electron chi connectivity index (χ4n) is 3.26. The van der Waals surface area contributed by atoms with Crippen LogP contribution in [0.3, 0.4) is 0 Å². The van der Waals surface area contributed by atoms with Crippen LogP contribution < -0.4 is 15.6 Å². The van der Waals surface area contributed by atoms with Crippen molar-refractivity contribution in [2.45, 2.75) is 32.4 Å². The van der Waals surface area contributed by atoms with Gasteiger partial charge in [-0.15, -0.1) is 11.3 Å². The van der Waals surface area contributed by atoms with Gasteiger partial charge in [-0.05, 0) is 54.3 Å². The summed E-state index contributed by atoms with van der Waals surface area (Å²) in [4.78, 5) is 29.6. The van der Waals surface area contributed by atoms with Gasteiger partial charge in [0.1, 0.15) is 17.0 Å². The molecule has 0 aliphatic heterocycles. The van der Waals surface area contributed by atoms with Gasteiger partial charge in [0.25, 0.3) is 5.56 Å². The summed E-state index contributed by atoms with van der Waals surface area (Å²) < 4.78 is 7.18. The van der Waals surface area contributed by atoms with Gasteiger partial charge >= 0.3 is 0 Å². The van der Waals surface area contributed by atoms with Crippen LogP contribution in [0, 0.1) is 12.8 Å². The number of rotatable bonds is 6. The van der Waals surface area contributed by atoms with E-state index in [2.05, 4.69) is 10.3 Å². The number of thiophene rings is 1. The van der Waals surface area contributed by atoms with Gasteiger partial charge < -0.3 is 10.1 Å². The number of carbonyl (C=O) groups excluding carboxylic acids is 1. The largest absolute Gasteiger partial charge is 0.497 e. The van der Waals surface area contributed by atoms with Crippen molar-refractivity contribution in [1.29, 1.82) is 0 Å². The second-order valence-corrected chi connectivity index (χ2v) is 7.81. The summed E-state index contributed by atoms with van der Waals surface area (Å²) in [6, 6.07) is 7.73. The maximum atomic E-state index is 12.6. The topological polar surface area (TPSA) is 73.2 Å². The third-order valence-electron chi connectivity index (χ3n) is 4.92. The Morgan fingerprint density at radius 3 is 2.78 bits per heavy atom. The monoisotopic (exact) mass is 383 g/mol. The predicted molar refractivity (Wildman–Crippen MR) is 105 cm³/mol. The van der Waals surface area contributed by atoms with E-state index in [-0.39, 0.29) is 24.1 Å². The Morgan fingerprint density at radius 1 is 1.37 bits per heavy atom. The van der Waals surface area contributed by atoms with Gasteiger partial charge in [-0.3, -0.25) is 14.2 Å². The molecular formula is C20H21N3O3S. The van der Waals surface area contributed by atoms with Crippen molar-refractivity contribution in [2.75, 3.05) is 7.11 Å². The number of nitrogens with one attached hydrogen (secondary N) is 1. The zero-order chi connectivity index (χ0) is 19.0. The van der Waals surface area contributed by atoms with E-state index in [4.69, 9.17) is 4.74 Å². The summed E-state index contributed by atoms with van der Waals surface area (Å²) in [6.45, 7) is 1.90. The molecular weight excluding hydrogens is 362 g/mol. The number of aryl methyl sites for hydroxylation is 1. The molecule has 6 nitrogen and oxygen atoms in total. The molecule has 0 bridgehead atoms. The molecule has 1 fully saturated rings. The fraction of sp³-hybridized carbons (Fsp3) is 0.350. The minimum Gasteiger partial charge on any atom is -0.497 e. The van der Waals surface area contributed by atoms with E-state index in [1.165, 1.54) is 22.2 Å². The standard InChI is InChI=1S/C20H21N3O3S/c1-12-10-27-19-17(12)21-11-23(20(19)25)9-16(24)22-18(13-3-4-13)14-5-7-15(26-2)8-6-14/h5-8,10-11,13,18H,3-4,9H2,1-2H3,(H,22,24)/t18-/m1/s1. The molecule has 1 N–H and O–H groups in total. The summed E-state index contributed by atoms with van der Waals surface area (Å²) in [6.07, 6.45) is 3.65. The molecule has 1 aliphatic carbocycles. The van der Waals surface area contributed by atoms with Gasteiger partial charge in [-0.25, -0.2) is 4.98 Å².